The van der Waals surface area contributed by atoms with Crippen molar-refractivity contribution in [2.75, 3.05) is 0 Å². The second-order valence-corrected chi connectivity index (χ2v) is 4.81. The van der Waals surface area contributed by atoms with Crippen LogP contribution in [0.5, 0.6) is 0 Å². The summed E-state index contributed by atoms with van der Waals surface area (Å²) in [5.74, 6) is 0. The van der Waals surface area contributed by atoms with Gasteiger partial charge in [0.2, 0.25) is 0 Å². The second-order valence-electron chi connectivity index (χ2n) is 4.81. The van der Waals surface area contributed by atoms with Crippen LogP contribution in [0, 0.1) is 0 Å². The molecule has 1 aromatic heterocycles. The fourth-order valence-corrected chi connectivity index (χ4v) is 2.06. The van der Waals surface area contributed by atoms with Crippen molar-refractivity contribution in [2.45, 2.75) is 39.3 Å². The zero-order valence-electron chi connectivity index (χ0n) is 11.6. The number of aromatic nitrogens is 2. The van der Waals surface area contributed by atoms with Gasteiger partial charge in [0, 0.05) is 18.8 Å². The molecule has 1 unspecified atom stereocenters. The lowest BCUT2D eigenvalue weighted by Crippen LogP contribution is -2.18. The van der Waals surface area contributed by atoms with Gasteiger partial charge in [0.1, 0.15) is 0 Å². The summed E-state index contributed by atoms with van der Waals surface area (Å²) in [6, 6.07) is 13.1. The molecule has 0 aliphatic rings. The number of benzene rings is 1. The smallest absolute Gasteiger partial charge is 0.0769 e. The molecule has 0 spiro atoms. The molecule has 1 atom stereocenters. The van der Waals surface area contributed by atoms with Crippen LogP contribution in [0.2, 0.25) is 0 Å². The van der Waals surface area contributed by atoms with Crippen LogP contribution in [-0.4, -0.2) is 10.2 Å². The average molecular weight is 255 g/mol. The number of nitrogens with zero attached hydrogens (tertiary/aromatic N) is 2. The highest BCUT2D eigenvalue weighted by Gasteiger charge is 2.05. The highest BCUT2D eigenvalue weighted by Crippen LogP contribution is 2.14. The van der Waals surface area contributed by atoms with Gasteiger partial charge in [0.25, 0.3) is 0 Å². The molecule has 1 aromatic carbocycles. The van der Waals surface area contributed by atoms with E-state index in [1.54, 1.807) is 6.20 Å². The Morgan fingerprint density at radius 3 is 2.58 bits per heavy atom. The predicted molar refractivity (Wildman–Crippen MR) is 77.7 cm³/mol. The summed E-state index contributed by atoms with van der Waals surface area (Å²) < 4.78 is 0. The van der Waals surface area contributed by atoms with Crippen LogP contribution >= 0.6 is 0 Å². The van der Waals surface area contributed by atoms with E-state index >= 15 is 0 Å². The van der Waals surface area contributed by atoms with Crippen molar-refractivity contribution >= 4 is 0 Å². The molecule has 0 bridgehead atoms. The Hall–Kier alpha value is -1.74. The monoisotopic (exact) mass is 255 g/mol. The van der Waals surface area contributed by atoms with Crippen LogP contribution in [0.3, 0.4) is 0 Å². The maximum atomic E-state index is 4.07. The van der Waals surface area contributed by atoms with Gasteiger partial charge in [-0.1, -0.05) is 37.6 Å². The van der Waals surface area contributed by atoms with Crippen LogP contribution in [0.4, 0.5) is 0 Å². The van der Waals surface area contributed by atoms with E-state index in [9.17, 15) is 0 Å². The fourth-order valence-electron chi connectivity index (χ4n) is 2.06. The van der Waals surface area contributed by atoms with Crippen LogP contribution in [0.1, 0.15) is 43.1 Å². The van der Waals surface area contributed by atoms with E-state index in [4.69, 9.17) is 0 Å². The third-order valence-corrected chi connectivity index (χ3v) is 3.24. The zero-order chi connectivity index (χ0) is 13.5. The van der Waals surface area contributed by atoms with Gasteiger partial charge in [0.15, 0.2) is 0 Å². The summed E-state index contributed by atoms with van der Waals surface area (Å²) in [6.45, 7) is 5.12. The Balaban J connectivity index is 1.90. The van der Waals surface area contributed by atoms with Crippen molar-refractivity contribution in [1.29, 1.82) is 0 Å². The summed E-state index contributed by atoms with van der Waals surface area (Å²) in [4.78, 5) is 0. The molecule has 0 aliphatic heterocycles. The summed E-state index contributed by atoms with van der Waals surface area (Å²) in [5.41, 5.74) is 3.69. The molecular formula is C16H21N3. The maximum Gasteiger partial charge on any atom is 0.0769 e. The first-order valence-corrected chi connectivity index (χ1v) is 6.88. The molecule has 1 heterocycles. The van der Waals surface area contributed by atoms with E-state index in [0.717, 1.165) is 18.7 Å². The molecule has 0 amide bonds. The van der Waals surface area contributed by atoms with Gasteiger partial charge in [-0.05, 0) is 36.6 Å². The molecular weight excluding hydrogens is 234 g/mol. The molecule has 3 nitrogen and oxygen atoms in total. The van der Waals surface area contributed by atoms with Gasteiger partial charge in [-0.15, -0.1) is 0 Å². The predicted octanol–water partition coefficient (Wildman–Crippen LogP) is 3.28. The minimum Gasteiger partial charge on any atom is -0.304 e. The van der Waals surface area contributed by atoms with Gasteiger partial charge >= 0.3 is 0 Å². The van der Waals surface area contributed by atoms with Crippen LogP contribution in [0.25, 0.3) is 0 Å². The largest absolute Gasteiger partial charge is 0.304 e. The molecule has 2 rings (SSSR count). The summed E-state index contributed by atoms with van der Waals surface area (Å²) >= 11 is 0. The van der Waals surface area contributed by atoms with E-state index in [1.165, 1.54) is 17.5 Å². The second kappa shape index (κ2) is 7.00. The quantitative estimate of drug-likeness (QED) is 0.860. The number of aryl methyl sites for hydroxylation is 1. The van der Waals surface area contributed by atoms with Crippen molar-refractivity contribution in [1.82, 2.24) is 15.5 Å². The topological polar surface area (TPSA) is 37.8 Å². The van der Waals surface area contributed by atoms with Crippen molar-refractivity contribution in [3.8, 4) is 0 Å². The molecule has 0 aliphatic carbocycles. The van der Waals surface area contributed by atoms with Crippen LogP contribution in [0.15, 0.2) is 42.6 Å². The first-order valence-electron chi connectivity index (χ1n) is 6.88. The summed E-state index contributed by atoms with van der Waals surface area (Å²) in [6.07, 6.45) is 4.04. The van der Waals surface area contributed by atoms with Crippen LogP contribution in [-0.2, 0) is 13.0 Å². The van der Waals surface area contributed by atoms with E-state index in [1.807, 2.05) is 12.1 Å². The van der Waals surface area contributed by atoms with Crippen LogP contribution < -0.4 is 5.32 Å². The van der Waals surface area contributed by atoms with Gasteiger partial charge < -0.3 is 5.32 Å². The Morgan fingerprint density at radius 2 is 1.95 bits per heavy atom. The lowest BCUT2D eigenvalue weighted by atomic mass is 10.0. The molecule has 19 heavy (non-hydrogen) atoms. The highest BCUT2D eigenvalue weighted by molar-refractivity contribution is 5.24. The Morgan fingerprint density at radius 1 is 1.16 bits per heavy atom. The fraction of sp³-hybridized carbons (Fsp3) is 0.375. The van der Waals surface area contributed by atoms with E-state index < -0.39 is 0 Å². The van der Waals surface area contributed by atoms with Crippen molar-refractivity contribution in [3.63, 3.8) is 0 Å². The minimum atomic E-state index is 0.317. The number of hydrogen-bond donors (Lipinski definition) is 1. The molecule has 0 radical (unpaired) electrons. The Bertz CT molecular complexity index is 479. The third-order valence-electron chi connectivity index (χ3n) is 3.24. The lowest BCUT2D eigenvalue weighted by molar-refractivity contribution is 0.564. The minimum absolute atomic E-state index is 0.317. The van der Waals surface area contributed by atoms with Gasteiger partial charge in [-0.2, -0.15) is 10.2 Å². The van der Waals surface area contributed by atoms with Gasteiger partial charge in [0.05, 0.1) is 5.69 Å². The molecule has 0 fully saturated rings. The number of rotatable bonds is 6. The molecule has 0 saturated heterocycles. The Labute approximate surface area is 115 Å². The zero-order valence-corrected chi connectivity index (χ0v) is 11.6. The van der Waals surface area contributed by atoms with Gasteiger partial charge in [-0.3, -0.25) is 0 Å². The molecule has 0 saturated carbocycles. The summed E-state index contributed by atoms with van der Waals surface area (Å²) in [7, 11) is 0. The lowest BCUT2D eigenvalue weighted by Gasteiger charge is -2.14. The van der Waals surface area contributed by atoms with E-state index in [-0.39, 0.29) is 0 Å². The third kappa shape index (κ3) is 4.14. The normalized spacial score (nSPS) is 12.3. The number of nitrogens with one attached hydrogen (secondary N) is 1. The first-order chi connectivity index (χ1) is 9.29. The molecule has 3 heteroatoms. The van der Waals surface area contributed by atoms with Crippen molar-refractivity contribution in [2.24, 2.45) is 0 Å². The SMILES string of the molecule is CCCc1ccc(C(C)NCc2cccnn2)cc1. The number of hydrogen-bond acceptors (Lipinski definition) is 3. The first kappa shape index (κ1) is 13.7. The van der Waals surface area contributed by atoms with E-state index in [0.29, 0.717) is 6.04 Å². The van der Waals surface area contributed by atoms with E-state index in [2.05, 4.69) is 53.6 Å². The Kier molecular flexibility index (Phi) is 5.04. The molecule has 100 valence electrons. The standard InChI is InChI=1S/C16H21N3/c1-3-5-14-7-9-15(10-8-14)13(2)17-12-16-6-4-11-18-19-16/h4,6-11,13,17H,3,5,12H2,1-2H3. The summed E-state index contributed by atoms with van der Waals surface area (Å²) in [5, 5.41) is 11.4. The van der Waals surface area contributed by atoms with Crippen molar-refractivity contribution in [3.05, 3.63) is 59.4 Å². The maximum absolute atomic E-state index is 4.07. The molecule has 2 aromatic rings. The molecule has 1 N–H and O–H groups in total. The van der Waals surface area contributed by atoms with Gasteiger partial charge in [-0.25, -0.2) is 0 Å². The van der Waals surface area contributed by atoms with Crippen molar-refractivity contribution < 1.29 is 0 Å². The highest BCUT2D eigenvalue weighted by atomic mass is 15.1. The average Bonchev–Trinajstić information content (AvgIpc) is 2.47.